The van der Waals surface area contributed by atoms with Gasteiger partial charge in [-0.05, 0) is 17.8 Å². The number of aromatic nitrogens is 5. The second kappa shape index (κ2) is 7.04. The van der Waals surface area contributed by atoms with Crippen LogP contribution in [0.15, 0.2) is 29.7 Å². The Morgan fingerprint density at radius 1 is 0.962 bits per heavy atom. The molecule has 0 aromatic carbocycles. The lowest BCUT2D eigenvalue weighted by molar-refractivity contribution is -0.115. The van der Waals surface area contributed by atoms with Crippen LogP contribution < -0.4 is 15.1 Å². The van der Waals surface area contributed by atoms with Crippen molar-refractivity contribution in [3.05, 3.63) is 35.5 Å². The number of carbonyl (C=O) groups is 2. The molecule has 2 aliphatic heterocycles. The second-order valence-corrected chi connectivity index (χ2v) is 6.53. The molecule has 2 saturated heterocycles. The number of rotatable bonds is 3. The van der Waals surface area contributed by atoms with E-state index < -0.39 is 11.1 Å². The van der Waals surface area contributed by atoms with Crippen molar-refractivity contribution in [2.75, 3.05) is 36.0 Å². The van der Waals surface area contributed by atoms with Gasteiger partial charge in [-0.1, -0.05) is 0 Å². The second-order valence-electron chi connectivity index (χ2n) is 5.52. The van der Waals surface area contributed by atoms with Crippen molar-refractivity contribution in [3.63, 3.8) is 0 Å². The van der Waals surface area contributed by atoms with Gasteiger partial charge in [-0.25, -0.2) is 19.9 Å². The highest BCUT2D eigenvalue weighted by molar-refractivity contribution is 8.18. The van der Waals surface area contributed by atoms with E-state index in [2.05, 4.69) is 35.1 Å². The van der Waals surface area contributed by atoms with Crippen molar-refractivity contribution in [3.8, 4) is 0 Å². The van der Waals surface area contributed by atoms with Crippen LogP contribution in [0.5, 0.6) is 0 Å². The zero-order valence-electron chi connectivity index (χ0n) is 13.6. The molecule has 0 spiro atoms. The zero-order chi connectivity index (χ0) is 17.9. The Bertz CT molecular complexity index is 867. The monoisotopic (exact) mass is 370 g/mol. The third kappa shape index (κ3) is 3.47. The minimum atomic E-state index is -0.432. The molecule has 2 fully saturated rings. The molecule has 10 nitrogen and oxygen atoms in total. The fourth-order valence-corrected chi connectivity index (χ4v) is 3.27. The molecule has 4 rings (SSSR count). The Kier molecular flexibility index (Phi) is 4.44. The topological polar surface area (TPSA) is 117 Å². The summed E-state index contributed by atoms with van der Waals surface area (Å²) in [6.07, 6.45) is 6.34. The van der Waals surface area contributed by atoms with Gasteiger partial charge in [0.25, 0.3) is 11.1 Å². The Morgan fingerprint density at radius 3 is 2.31 bits per heavy atom. The first-order valence-electron chi connectivity index (χ1n) is 7.90. The molecular formula is C15H14N8O2S. The fraction of sp³-hybridized carbons (Fsp3) is 0.267. The van der Waals surface area contributed by atoms with Crippen LogP contribution in [-0.4, -0.2) is 62.2 Å². The predicted octanol–water partition coefficient (Wildman–Crippen LogP) is 0.312. The molecular weight excluding hydrogens is 356 g/mol. The quantitative estimate of drug-likeness (QED) is 0.757. The van der Waals surface area contributed by atoms with Gasteiger partial charge in [-0.3, -0.25) is 14.9 Å². The lowest BCUT2D eigenvalue weighted by atomic mass is 10.3. The highest BCUT2D eigenvalue weighted by atomic mass is 32.2. The fourth-order valence-electron chi connectivity index (χ4n) is 2.62. The minimum Gasteiger partial charge on any atom is -0.337 e. The van der Waals surface area contributed by atoms with E-state index in [-0.39, 0.29) is 4.91 Å². The summed E-state index contributed by atoms with van der Waals surface area (Å²) in [5, 5.41) is 1.81. The maximum atomic E-state index is 11.6. The first-order chi connectivity index (χ1) is 12.7. The summed E-state index contributed by atoms with van der Waals surface area (Å²) in [6.45, 7) is 2.93. The van der Waals surface area contributed by atoms with Crippen LogP contribution in [0.4, 0.5) is 16.7 Å². The molecule has 0 atom stereocenters. The molecule has 0 radical (unpaired) electrons. The van der Waals surface area contributed by atoms with Crippen LogP contribution in [0.1, 0.15) is 5.82 Å². The Labute approximate surface area is 152 Å². The van der Waals surface area contributed by atoms with Crippen LogP contribution in [0, 0.1) is 0 Å². The molecule has 1 N–H and O–H groups in total. The van der Waals surface area contributed by atoms with Crippen LogP contribution in [0.3, 0.4) is 0 Å². The van der Waals surface area contributed by atoms with E-state index in [1.54, 1.807) is 18.5 Å². The van der Waals surface area contributed by atoms with Gasteiger partial charge >= 0.3 is 0 Å². The molecule has 2 aromatic heterocycles. The average Bonchev–Trinajstić information content (AvgIpc) is 3.00. The third-order valence-corrected chi connectivity index (χ3v) is 4.69. The van der Waals surface area contributed by atoms with E-state index in [1.165, 1.54) is 12.4 Å². The van der Waals surface area contributed by atoms with Crippen molar-refractivity contribution in [1.29, 1.82) is 0 Å². The van der Waals surface area contributed by atoms with E-state index in [9.17, 15) is 9.59 Å². The molecule has 2 aliphatic rings. The SMILES string of the molecule is O=C1NC(=O)C(=Cc2ncnc(N3CCN(c4ncccn4)CC3)n2)S1. The summed E-state index contributed by atoms with van der Waals surface area (Å²) in [5.74, 6) is 1.16. The average molecular weight is 370 g/mol. The van der Waals surface area contributed by atoms with Crippen molar-refractivity contribution < 1.29 is 9.59 Å². The molecule has 0 aliphatic carbocycles. The van der Waals surface area contributed by atoms with Crippen LogP contribution >= 0.6 is 11.8 Å². The van der Waals surface area contributed by atoms with Crippen molar-refractivity contribution in [1.82, 2.24) is 30.2 Å². The van der Waals surface area contributed by atoms with Gasteiger partial charge in [-0.2, -0.15) is 4.98 Å². The molecule has 2 amide bonds. The number of anilines is 2. The van der Waals surface area contributed by atoms with Gasteiger partial charge in [0.2, 0.25) is 11.9 Å². The number of hydrogen-bond donors (Lipinski definition) is 1. The molecule has 0 bridgehead atoms. The Hall–Kier alpha value is -3.08. The lowest BCUT2D eigenvalue weighted by Crippen LogP contribution is -2.47. The number of nitrogens with one attached hydrogen (secondary N) is 1. The minimum absolute atomic E-state index is 0.276. The van der Waals surface area contributed by atoms with Gasteiger partial charge in [0.05, 0.1) is 4.91 Å². The normalized spacial score (nSPS) is 19.2. The van der Waals surface area contributed by atoms with Gasteiger partial charge in [0.1, 0.15) is 6.33 Å². The lowest BCUT2D eigenvalue weighted by Gasteiger charge is -2.34. The largest absolute Gasteiger partial charge is 0.337 e. The van der Waals surface area contributed by atoms with Crippen LogP contribution in [0.25, 0.3) is 6.08 Å². The van der Waals surface area contributed by atoms with E-state index in [1.807, 2.05) is 4.90 Å². The Morgan fingerprint density at radius 2 is 1.65 bits per heavy atom. The number of amides is 2. The summed E-state index contributed by atoms with van der Waals surface area (Å²) in [4.78, 5) is 48.5. The first kappa shape index (κ1) is 16.4. The summed E-state index contributed by atoms with van der Waals surface area (Å²) in [7, 11) is 0. The molecule has 26 heavy (non-hydrogen) atoms. The molecule has 4 heterocycles. The molecule has 2 aromatic rings. The van der Waals surface area contributed by atoms with E-state index in [0.29, 0.717) is 30.8 Å². The van der Waals surface area contributed by atoms with Gasteiger partial charge in [0.15, 0.2) is 5.82 Å². The van der Waals surface area contributed by atoms with Crippen molar-refractivity contribution >= 4 is 40.9 Å². The van der Waals surface area contributed by atoms with E-state index in [0.717, 1.165) is 24.9 Å². The van der Waals surface area contributed by atoms with Gasteiger partial charge in [0, 0.05) is 44.6 Å². The highest BCUT2D eigenvalue weighted by Gasteiger charge is 2.26. The predicted molar refractivity (Wildman–Crippen MR) is 95.4 cm³/mol. The Balaban J connectivity index is 1.45. The standard InChI is InChI=1S/C15H14N8O2S/c24-12-10(26-15(25)21-12)8-11-18-9-19-14(20-11)23-6-4-22(5-7-23)13-16-2-1-3-17-13/h1-3,8-9H,4-7H2,(H,21,24,25). The first-order valence-corrected chi connectivity index (χ1v) is 8.71. The zero-order valence-corrected chi connectivity index (χ0v) is 14.4. The highest BCUT2D eigenvalue weighted by Crippen LogP contribution is 2.24. The van der Waals surface area contributed by atoms with Crippen LogP contribution in [0.2, 0.25) is 0 Å². The summed E-state index contributed by atoms with van der Waals surface area (Å²) in [6, 6.07) is 1.79. The number of thioether (sulfide) groups is 1. The summed E-state index contributed by atoms with van der Waals surface area (Å²) in [5.41, 5.74) is 0. The van der Waals surface area contributed by atoms with Gasteiger partial charge < -0.3 is 9.80 Å². The summed E-state index contributed by atoms with van der Waals surface area (Å²) >= 11 is 0.835. The molecule has 132 valence electrons. The molecule has 0 saturated carbocycles. The van der Waals surface area contributed by atoms with E-state index >= 15 is 0 Å². The summed E-state index contributed by atoms with van der Waals surface area (Å²) < 4.78 is 0. The number of piperazine rings is 1. The number of nitrogens with zero attached hydrogens (tertiary/aromatic N) is 7. The van der Waals surface area contributed by atoms with Crippen molar-refractivity contribution in [2.24, 2.45) is 0 Å². The number of imide groups is 1. The number of carbonyl (C=O) groups excluding carboxylic acids is 2. The molecule has 0 unspecified atom stereocenters. The maximum Gasteiger partial charge on any atom is 0.290 e. The maximum absolute atomic E-state index is 11.6. The smallest absolute Gasteiger partial charge is 0.290 e. The van der Waals surface area contributed by atoms with Crippen LogP contribution in [-0.2, 0) is 4.79 Å². The number of hydrogen-bond acceptors (Lipinski definition) is 10. The van der Waals surface area contributed by atoms with Gasteiger partial charge in [-0.15, -0.1) is 0 Å². The molecule has 11 heteroatoms. The van der Waals surface area contributed by atoms with E-state index in [4.69, 9.17) is 0 Å². The van der Waals surface area contributed by atoms with Crippen molar-refractivity contribution in [2.45, 2.75) is 0 Å². The third-order valence-electron chi connectivity index (χ3n) is 3.88.